The first-order valence-electron chi connectivity index (χ1n) is 4.66. The smallest absolute Gasteiger partial charge is 0.270 e. The van der Waals surface area contributed by atoms with Gasteiger partial charge in [-0.2, -0.15) is 0 Å². The summed E-state index contributed by atoms with van der Waals surface area (Å²) in [5, 5.41) is 13.0. The van der Waals surface area contributed by atoms with Gasteiger partial charge in [0.05, 0.1) is 21.6 Å². The second-order valence-electron chi connectivity index (χ2n) is 3.28. The molecule has 1 aromatic carbocycles. The van der Waals surface area contributed by atoms with Gasteiger partial charge in [0, 0.05) is 12.1 Å². The SMILES string of the molecule is C#CC(C)NC(=O)c1ccc([N+](=O)[O-])cc1Cl. The predicted octanol–water partition coefficient (Wildman–Crippen LogP) is 2.00. The van der Waals surface area contributed by atoms with Gasteiger partial charge in [-0.3, -0.25) is 14.9 Å². The van der Waals surface area contributed by atoms with Crippen LogP contribution in [0.25, 0.3) is 0 Å². The topological polar surface area (TPSA) is 72.2 Å². The Labute approximate surface area is 103 Å². The van der Waals surface area contributed by atoms with Crippen molar-refractivity contribution in [2.75, 3.05) is 0 Å². The van der Waals surface area contributed by atoms with E-state index in [0.29, 0.717) is 0 Å². The fourth-order valence-corrected chi connectivity index (χ4v) is 1.38. The Hall–Kier alpha value is -2.06. The summed E-state index contributed by atoms with van der Waals surface area (Å²) in [6.45, 7) is 1.64. The Morgan fingerprint density at radius 1 is 1.65 bits per heavy atom. The van der Waals surface area contributed by atoms with Crippen molar-refractivity contribution >= 4 is 23.2 Å². The molecule has 0 aliphatic rings. The Kier molecular flexibility index (Phi) is 4.07. The fraction of sp³-hybridized carbons (Fsp3) is 0.182. The molecule has 17 heavy (non-hydrogen) atoms. The summed E-state index contributed by atoms with van der Waals surface area (Å²) in [6, 6.07) is 3.19. The molecule has 88 valence electrons. The molecule has 6 heteroatoms. The quantitative estimate of drug-likeness (QED) is 0.508. The van der Waals surface area contributed by atoms with Crippen molar-refractivity contribution < 1.29 is 9.72 Å². The molecule has 1 rings (SSSR count). The second kappa shape index (κ2) is 5.32. The van der Waals surface area contributed by atoms with Crippen molar-refractivity contribution in [2.24, 2.45) is 0 Å². The molecular formula is C11H9ClN2O3. The number of nitrogens with zero attached hydrogens (tertiary/aromatic N) is 1. The van der Waals surface area contributed by atoms with E-state index in [2.05, 4.69) is 11.2 Å². The number of nitrogens with one attached hydrogen (secondary N) is 1. The Bertz CT molecular complexity index is 508. The number of halogens is 1. The highest BCUT2D eigenvalue weighted by Gasteiger charge is 2.15. The number of amides is 1. The van der Waals surface area contributed by atoms with Gasteiger partial charge in [-0.05, 0) is 13.0 Å². The molecule has 5 nitrogen and oxygen atoms in total. The number of hydrogen-bond acceptors (Lipinski definition) is 3. The molecule has 0 saturated carbocycles. The lowest BCUT2D eigenvalue weighted by atomic mass is 10.2. The maximum Gasteiger partial charge on any atom is 0.270 e. The molecular weight excluding hydrogens is 244 g/mol. The Balaban J connectivity index is 2.97. The van der Waals surface area contributed by atoms with Crippen LogP contribution >= 0.6 is 11.6 Å². The highest BCUT2D eigenvalue weighted by Crippen LogP contribution is 2.22. The van der Waals surface area contributed by atoms with Crippen LogP contribution in [0.3, 0.4) is 0 Å². The lowest BCUT2D eigenvalue weighted by Gasteiger charge is -2.08. The third kappa shape index (κ3) is 3.20. The molecule has 0 saturated heterocycles. The minimum Gasteiger partial charge on any atom is -0.339 e. The number of terminal acetylenes is 1. The summed E-state index contributed by atoms with van der Waals surface area (Å²) in [7, 11) is 0. The van der Waals surface area contributed by atoms with Gasteiger partial charge in [0.25, 0.3) is 11.6 Å². The van der Waals surface area contributed by atoms with E-state index in [1.165, 1.54) is 12.1 Å². The Morgan fingerprint density at radius 2 is 2.29 bits per heavy atom. The second-order valence-corrected chi connectivity index (χ2v) is 3.69. The van der Waals surface area contributed by atoms with Gasteiger partial charge >= 0.3 is 0 Å². The standard InChI is InChI=1S/C11H9ClN2O3/c1-3-7(2)13-11(15)9-5-4-8(14(16)17)6-10(9)12/h1,4-7H,2H3,(H,13,15). The van der Waals surface area contributed by atoms with Crippen LogP contribution in [0.2, 0.25) is 5.02 Å². The van der Waals surface area contributed by atoms with Gasteiger partial charge in [0.15, 0.2) is 0 Å². The van der Waals surface area contributed by atoms with E-state index < -0.39 is 16.9 Å². The zero-order chi connectivity index (χ0) is 13.0. The summed E-state index contributed by atoms with van der Waals surface area (Å²) in [5.74, 6) is 1.87. The summed E-state index contributed by atoms with van der Waals surface area (Å²) < 4.78 is 0. The molecule has 1 aromatic rings. The normalized spacial score (nSPS) is 11.4. The zero-order valence-electron chi connectivity index (χ0n) is 8.94. The molecule has 0 spiro atoms. The van der Waals surface area contributed by atoms with E-state index in [4.69, 9.17) is 18.0 Å². The van der Waals surface area contributed by atoms with Crippen LogP contribution < -0.4 is 5.32 Å². The predicted molar refractivity (Wildman–Crippen MR) is 63.9 cm³/mol. The lowest BCUT2D eigenvalue weighted by molar-refractivity contribution is -0.384. The summed E-state index contributed by atoms with van der Waals surface area (Å²) in [4.78, 5) is 21.5. The lowest BCUT2D eigenvalue weighted by Crippen LogP contribution is -2.31. The fourth-order valence-electron chi connectivity index (χ4n) is 1.12. The van der Waals surface area contributed by atoms with Gasteiger partial charge in [0.1, 0.15) is 0 Å². The summed E-state index contributed by atoms with van der Waals surface area (Å²) in [6.07, 6.45) is 5.11. The van der Waals surface area contributed by atoms with Crippen molar-refractivity contribution in [3.05, 3.63) is 38.9 Å². The maximum atomic E-state index is 11.7. The average molecular weight is 253 g/mol. The van der Waals surface area contributed by atoms with Crippen molar-refractivity contribution in [2.45, 2.75) is 13.0 Å². The van der Waals surface area contributed by atoms with Crippen molar-refractivity contribution in [1.82, 2.24) is 5.32 Å². The van der Waals surface area contributed by atoms with E-state index in [0.717, 1.165) is 6.07 Å². The first-order valence-corrected chi connectivity index (χ1v) is 5.04. The Morgan fingerprint density at radius 3 is 2.76 bits per heavy atom. The van der Waals surface area contributed by atoms with Crippen molar-refractivity contribution in [1.29, 1.82) is 0 Å². The van der Waals surface area contributed by atoms with Gasteiger partial charge in [0.2, 0.25) is 0 Å². The molecule has 0 fully saturated rings. The van der Waals surface area contributed by atoms with Crippen molar-refractivity contribution in [3.63, 3.8) is 0 Å². The number of hydrogen-bond donors (Lipinski definition) is 1. The zero-order valence-corrected chi connectivity index (χ0v) is 9.69. The maximum absolute atomic E-state index is 11.7. The number of non-ortho nitro benzene ring substituents is 1. The third-order valence-electron chi connectivity index (χ3n) is 2.01. The number of rotatable bonds is 3. The first kappa shape index (κ1) is 13.0. The van der Waals surface area contributed by atoms with Crippen LogP contribution in [0.5, 0.6) is 0 Å². The number of carbonyl (C=O) groups excluding carboxylic acids is 1. The van der Waals surface area contributed by atoms with E-state index in [-0.39, 0.29) is 16.3 Å². The first-order chi connectivity index (χ1) is 7.95. The van der Waals surface area contributed by atoms with Crippen LogP contribution in [0, 0.1) is 22.5 Å². The van der Waals surface area contributed by atoms with Gasteiger partial charge in [-0.1, -0.05) is 17.5 Å². The highest BCUT2D eigenvalue weighted by molar-refractivity contribution is 6.34. The van der Waals surface area contributed by atoms with E-state index in [1.807, 2.05) is 0 Å². The van der Waals surface area contributed by atoms with Crippen LogP contribution in [-0.2, 0) is 0 Å². The largest absolute Gasteiger partial charge is 0.339 e. The molecule has 1 amide bonds. The van der Waals surface area contributed by atoms with Gasteiger partial charge in [-0.25, -0.2) is 0 Å². The number of carbonyl (C=O) groups is 1. The summed E-state index contributed by atoms with van der Waals surface area (Å²) >= 11 is 5.78. The molecule has 0 aromatic heterocycles. The molecule has 0 bridgehead atoms. The van der Waals surface area contributed by atoms with Crippen molar-refractivity contribution in [3.8, 4) is 12.3 Å². The van der Waals surface area contributed by atoms with Gasteiger partial charge < -0.3 is 5.32 Å². The number of nitro groups is 1. The highest BCUT2D eigenvalue weighted by atomic mass is 35.5. The van der Waals surface area contributed by atoms with Gasteiger partial charge in [-0.15, -0.1) is 6.42 Å². The molecule has 0 radical (unpaired) electrons. The van der Waals surface area contributed by atoms with E-state index in [1.54, 1.807) is 6.92 Å². The third-order valence-corrected chi connectivity index (χ3v) is 2.32. The molecule has 0 heterocycles. The average Bonchev–Trinajstić information content (AvgIpc) is 2.28. The molecule has 1 N–H and O–H groups in total. The molecule has 0 aliphatic heterocycles. The summed E-state index contributed by atoms with van der Waals surface area (Å²) in [5.41, 5.74) is -0.0177. The minimum absolute atomic E-state index is 0.0147. The minimum atomic E-state index is -0.586. The van der Waals surface area contributed by atoms with Crippen LogP contribution in [0.15, 0.2) is 18.2 Å². The van der Waals surface area contributed by atoms with E-state index in [9.17, 15) is 14.9 Å². The number of benzene rings is 1. The number of nitro benzene ring substituents is 1. The molecule has 1 unspecified atom stereocenters. The molecule has 0 aliphatic carbocycles. The molecule has 1 atom stereocenters. The monoisotopic (exact) mass is 252 g/mol. The van der Waals surface area contributed by atoms with Crippen LogP contribution in [0.4, 0.5) is 5.69 Å². The van der Waals surface area contributed by atoms with E-state index >= 15 is 0 Å². The van der Waals surface area contributed by atoms with Crippen LogP contribution in [-0.4, -0.2) is 16.9 Å². The van der Waals surface area contributed by atoms with Crippen LogP contribution in [0.1, 0.15) is 17.3 Å².